The summed E-state index contributed by atoms with van der Waals surface area (Å²) in [5.74, 6) is 1.53. The van der Waals surface area contributed by atoms with Gasteiger partial charge in [0.2, 0.25) is 0 Å². The second-order valence-corrected chi connectivity index (χ2v) is 4.65. The molecule has 0 saturated heterocycles. The lowest BCUT2D eigenvalue weighted by Gasteiger charge is -2.14. The second kappa shape index (κ2) is 6.91. The van der Waals surface area contributed by atoms with Gasteiger partial charge in [-0.15, -0.1) is 0 Å². The van der Waals surface area contributed by atoms with E-state index in [0.717, 1.165) is 29.9 Å². The van der Waals surface area contributed by atoms with Crippen molar-refractivity contribution in [2.75, 3.05) is 14.2 Å². The lowest BCUT2D eigenvalue weighted by Crippen LogP contribution is -2.11. The Morgan fingerprint density at radius 2 is 1.65 bits per heavy atom. The minimum Gasteiger partial charge on any atom is -0.497 e. The number of methoxy groups -OCH3 is 2. The molecule has 0 fully saturated rings. The van der Waals surface area contributed by atoms with E-state index in [9.17, 15) is 0 Å². The molecule has 1 aromatic carbocycles. The molecular weight excluding hydrogens is 252 g/mol. The van der Waals surface area contributed by atoms with Crippen molar-refractivity contribution < 1.29 is 9.47 Å². The highest BCUT2D eigenvalue weighted by Crippen LogP contribution is 2.27. The Balaban J connectivity index is 2.06. The van der Waals surface area contributed by atoms with Crippen molar-refractivity contribution in [1.29, 1.82) is 0 Å². The van der Waals surface area contributed by atoms with Crippen LogP contribution in [0, 0.1) is 0 Å². The third-order valence-electron chi connectivity index (χ3n) is 3.30. The van der Waals surface area contributed by atoms with Crippen LogP contribution in [0.4, 0.5) is 0 Å². The lowest BCUT2D eigenvalue weighted by molar-refractivity contribution is 0.392. The Morgan fingerprint density at radius 3 is 2.20 bits per heavy atom. The van der Waals surface area contributed by atoms with E-state index in [1.807, 2.05) is 30.3 Å². The smallest absolute Gasteiger partial charge is 0.122 e. The number of aromatic nitrogens is 1. The molecule has 0 bridgehead atoms. The number of pyridine rings is 1. The van der Waals surface area contributed by atoms with E-state index in [1.165, 1.54) is 5.56 Å². The van der Waals surface area contributed by atoms with Crippen molar-refractivity contribution in [2.24, 2.45) is 5.73 Å². The number of nitrogens with two attached hydrogens (primary N) is 1. The molecule has 0 radical (unpaired) electrons. The molecule has 0 spiro atoms. The van der Waals surface area contributed by atoms with Gasteiger partial charge in [-0.05, 0) is 48.2 Å². The zero-order chi connectivity index (χ0) is 14.4. The van der Waals surface area contributed by atoms with Crippen LogP contribution in [0.5, 0.6) is 11.5 Å². The van der Waals surface area contributed by atoms with Crippen molar-refractivity contribution in [3.05, 3.63) is 53.9 Å². The van der Waals surface area contributed by atoms with Gasteiger partial charge in [0.05, 0.1) is 14.2 Å². The zero-order valence-corrected chi connectivity index (χ0v) is 11.9. The first-order valence-electron chi connectivity index (χ1n) is 6.60. The number of benzene rings is 1. The van der Waals surface area contributed by atoms with Gasteiger partial charge in [0.15, 0.2) is 0 Å². The molecule has 2 aromatic rings. The van der Waals surface area contributed by atoms with Crippen molar-refractivity contribution in [1.82, 2.24) is 4.98 Å². The summed E-state index contributed by atoms with van der Waals surface area (Å²) < 4.78 is 10.5. The van der Waals surface area contributed by atoms with Crippen LogP contribution in [0.2, 0.25) is 0 Å². The Hall–Kier alpha value is -2.07. The molecule has 106 valence electrons. The molecule has 20 heavy (non-hydrogen) atoms. The fourth-order valence-electron chi connectivity index (χ4n) is 2.08. The van der Waals surface area contributed by atoms with Gasteiger partial charge in [-0.25, -0.2) is 0 Å². The molecule has 2 rings (SSSR count). The van der Waals surface area contributed by atoms with Crippen LogP contribution in [0.1, 0.15) is 23.6 Å². The Kier molecular flexibility index (Phi) is 4.96. The average Bonchev–Trinajstić information content (AvgIpc) is 2.52. The molecule has 1 atom stereocenters. The molecule has 0 aliphatic heterocycles. The summed E-state index contributed by atoms with van der Waals surface area (Å²) in [6, 6.07) is 9.74. The van der Waals surface area contributed by atoms with Crippen molar-refractivity contribution in [3.63, 3.8) is 0 Å². The molecule has 0 saturated carbocycles. The lowest BCUT2D eigenvalue weighted by atomic mass is 10.00. The fourth-order valence-corrected chi connectivity index (χ4v) is 2.08. The molecule has 0 aliphatic carbocycles. The van der Waals surface area contributed by atoms with Gasteiger partial charge >= 0.3 is 0 Å². The molecular formula is C16H20N2O2. The highest BCUT2D eigenvalue weighted by Gasteiger charge is 2.10. The normalized spacial score (nSPS) is 11.9. The maximum absolute atomic E-state index is 6.26. The van der Waals surface area contributed by atoms with E-state index in [1.54, 1.807) is 26.6 Å². The molecule has 0 amide bonds. The van der Waals surface area contributed by atoms with Crippen molar-refractivity contribution in [2.45, 2.75) is 18.9 Å². The van der Waals surface area contributed by atoms with Crippen LogP contribution in [0.3, 0.4) is 0 Å². The highest BCUT2D eigenvalue weighted by molar-refractivity contribution is 5.39. The minimum atomic E-state index is -0.0489. The first-order valence-corrected chi connectivity index (χ1v) is 6.60. The molecule has 2 N–H and O–H groups in total. The Labute approximate surface area is 119 Å². The average molecular weight is 272 g/mol. The van der Waals surface area contributed by atoms with E-state index >= 15 is 0 Å². The Morgan fingerprint density at radius 1 is 1.05 bits per heavy atom. The second-order valence-electron chi connectivity index (χ2n) is 4.65. The summed E-state index contributed by atoms with van der Waals surface area (Å²) in [4.78, 5) is 4.01. The third-order valence-corrected chi connectivity index (χ3v) is 3.30. The van der Waals surface area contributed by atoms with Crippen LogP contribution in [0.25, 0.3) is 0 Å². The van der Waals surface area contributed by atoms with Crippen molar-refractivity contribution >= 4 is 0 Å². The van der Waals surface area contributed by atoms with Gasteiger partial charge in [-0.2, -0.15) is 0 Å². The number of ether oxygens (including phenoxy) is 2. The van der Waals surface area contributed by atoms with Gasteiger partial charge in [-0.3, -0.25) is 4.98 Å². The van der Waals surface area contributed by atoms with Gasteiger partial charge in [-0.1, -0.05) is 0 Å². The maximum Gasteiger partial charge on any atom is 0.122 e. The molecule has 0 aliphatic rings. The first-order chi connectivity index (χ1) is 9.72. The van der Waals surface area contributed by atoms with E-state index in [2.05, 4.69) is 4.98 Å². The van der Waals surface area contributed by atoms with Gasteiger partial charge in [0.25, 0.3) is 0 Å². The predicted molar refractivity (Wildman–Crippen MR) is 79.0 cm³/mol. The minimum absolute atomic E-state index is 0.0489. The van der Waals surface area contributed by atoms with E-state index in [0.29, 0.717) is 0 Å². The van der Waals surface area contributed by atoms with Crippen molar-refractivity contribution in [3.8, 4) is 11.5 Å². The van der Waals surface area contributed by atoms with Crippen LogP contribution in [0.15, 0.2) is 42.7 Å². The van der Waals surface area contributed by atoms with E-state index in [-0.39, 0.29) is 6.04 Å². The van der Waals surface area contributed by atoms with E-state index < -0.39 is 0 Å². The fraction of sp³-hybridized carbons (Fsp3) is 0.312. The zero-order valence-electron chi connectivity index (χ0n) is 11.9. The van der Waals surface area contributed by atoms with Crippen LogP contribution < -0.4 is 15.2 Å². The molecule has 4 nitrogen and oxygen atoms in total. The largest absolute Gasteiger partial charge is 0.497 e. The summed E-state index contributed by atoms with van der Waals surface area (Å²) in [6.45, 7) is 0. The Bertz CT molecular complexity index is 521. The summed E-state index contributed by atoms with van der Waals surface area (Å²) in [5.41, 5.74) is 8.53. The predicted octanol–water partition coefficient (Wildman–Crippen LogP) is 2.73. The molecule has 1 aromatic heterocycles. The number of hydrogen-bond donors (Lipinski definition) is 1. The first kappa shape index (κ1) is 14.3. The molecule has 1 unspecified atom stereocenters. The third kappa shape index (κ3) is 3.71. The van der Waals surface area contributed by atoms with Gasteiger partial charge in [0.1, 0.15) is 11.5 Å². The topological polar surface area (TPSA) is 57.4 Å². The number of hydrogen-bond acceptors (Lipinski definition) is 4. The molecule has 1 heterocycles. The summed E-state index contributed by atoms with van der Waals surface area (Å²) >= 11 is 0. The number of nitrogens with zero attached hydrogens (tertiary/aromatic N) is 1. The van der Waals surface area contributed by atoms with Gasteiger partial charge < -0.3 is 15.2 Å². The summed E-state index contributed by atoms with van der Waals surface area (Å²) in [7, 11) is 3.28. The number of aryl methyl sites for hydroxylation is 1. The quantitative estimate of drug-likeness (QED) is 0.878. The highest BCUT2D eigenvalue weighted by atomic mass is 16.5. The molecule has 4 heteroatoms. The summed E-state index contributed by atoms with van der Waals surface area (Å²) in [5, 5.41) is 0. The maximum atomic E-state index is 6.26. The van der Waals surface area contributed by atoms with Crippen LogP contribution in [-0.4, -0.2) is 19.2 Å². The van der Waals surface area contributed by atoms with E-state index in [4.69, 9.17) is 15.2 Å². The number of rotatable bonds is 6. The van der Waals surface area contributed by atoms with Crippen LogP contribution in [-0.2, 0) is 6.42 Å². The van der Waals surface area contributed by atoms with Crippen LogP contribution >= 0.6 is 0 Å². The summed E-state index contributed by atoms with van der Waals surface area (Å²) in [6.07, 6.45) is 5.38. The SMILES string of the molecule is COc1cc(OC)cc(C(N)CCc2ccncc2)c1. The monoisotopic (exact) mass is 272 g/mol. The van der Waals surface area contributed by atoms with Gasteiger partial charge in [0, 0.05) is 24.5 Å². The standard InChI is InChI=1S/C16H20N2O2/c1-19-14-9-13(10-15(11-14)20-2)16(17)4-3-12-5-7-18-8-6-12/h5-11,16H,3-4,17H2,1-2H3.